The Bertz CT molecular complexity index is 376. The maximum Gasteiger partial charge on any atom is 0.304 e. The average Bonchev–Trinajstić information content (AvgIpc) is 2.14. The van der Waals surface area contributed by atoms with Gasteiger partial charge in [-0.1, -0.05) is 6.08 Å². The van der Waals surface area contributed by atoms with Crippen molar-refractivity contribution in [2.24, 2.45) is 0 Å². The van der Waals surface area contributed by atoms with Gasteiger partial charge in [0.25, 0.3) is 0 Å². The fourth-order valence-corrected chi connectivity index (χ4v) is 3.50. The Labute approximate surface area is 95.7 Å². The van der Waals surface area contributed by atoms with Crippen molar-refractivity contribution in [3.63, 3.8) is 0 Å². The molecule has 16 heavy (non-hydrogen) atoms. The molecule has 0 saturated carbocycles. The van der Waals surface area contributed by atoms with Gasteiger partial charge in [0.15, 0.2) is 9.84 Å². The van der Waals surface area contributed by atoms with E-state index in [1.54, 1.807) is 6.08 Å². The van der Waals surface area contributed by atoms with Crippen LogP contribution in [0.4, 0.5) is 0 Å². The lowest BCUT2D eigenvalue weighted by Gasteiger charge is -2.37. The molecule has 0 aromatic carbocycles. The Balaban J connectivity index is 2.83. The largest absolute Gasteiger partial charge is 0.481 e. The maximum absolute atomic E-state index is 11.5. The van der Waals surface area contributed by atoms with Gasteiger partial charge < -0.3 is 5.11 Å². The first-order valence-electron chi connectivity index (χ1n) is 5.16. The van der Waals surface area contributed by atoms with E-state index < -0.39 is 21.8 Å². The lowest BCUT2D eigenvalue weighted by atomic mass is 10.1. The van der Waals surface area contributed by atoms with Crippen molar-refractivity contribution >= 4 is 15.8 Å². The molecule has 1 saturated heterocycles. The van der Waals surface area contributed by atoms with Crippen LogP contribution >= 0.6 is 0 Å². The fraction of sp³-hybridized carbons (Fsp3) is 0.700. The quantitative estimate of drug-likeness (QED) is 0.715. The summed E-state index contributed by atoms with van der Waals surface area (Å²) in [5, 5.41) is 8.76. The molecule has 0 amide bonds. The van der Waals surface area contributed by atoms with Gasteiger partial charge in [0.1, 0.15) is 0 Å². The van der Waals surface area contributed by atoms with E-state index in [0.717, 1.165) is 0 Å². The van der Waals surface area contributed by atoms with Gasteiger partial charge in [-0.2, -0.15) is 0 Å². The lowest BCUT2D eigenvalue weighted by molar-refractivity contribution is -0.138. The monoisotopic (exact) mass is 247 g/mol. The van der Waals surface area contributed by atoms with Crippen molar-refractivity contribution in [2.75, 3.05) is 18.1 Å². The third-order valence-corrected chi connectivity index (χ3v) is 4.55. The van der Waals surface area contributed by atoms with Gasteiger partial charge in [-0.15, -0.1) is 6.58 Å². The Morgan fingerprint density at radius 2 is 2.31 bits per heavy atom. The third kappa shape index (κ3) is 3.31. The summed E-state index contributed by atoms with van der Waals surface area (Å²) in [4.78, 5) is 12.6. The molecule has 0 bridgehead atoms. The van der Waals surface area contributed by atoms with Crippen molar-refractivity contribution < 1.29 is 18.3 Å². The highest BCUT2D eigenvalue weighted by Gasteiger charge is 2.34. The van der Waals surface area contributed by atoms with Gasteiger partial charge in [0, 0.05) is 18.6 Å². The number of hydrogen-bond acceptors (Lipinski definition) is 4. The third-order valence-electron chi connectivity index (χ3n) is 2.85. The summed E-state index contributed by atoms with van der Waals surface area (Å²) in [6, 6.07) is -0.441. The summed E-state index contributed by atoms with van der Waals surface area (Å²) in [5.74, 6) is -0.943. The first kappa shape index (κ1) is 13.2. The molecule has 1 rings (SSSR count). The Kier molecular flexibility index (Phi) is 4.09. The maximum atomic E-state index is 11.5. The molecule has 0 aliphatic carbocycles. The number of carbonyl (C=O) groups is 1. The summed E-state index contributed by atoms with van der Waals surface area (Å²) >= 11 is 0. The molecular formula is C10H17NO4S. The van der Waals surface area contributed by atoms with Gasteiger partial charge in [-0.25, -0.2) is 8.42 Å². The molecule has 2 atom stereocenters. The fourth-order valence-electron chi connectivity index (χ4n) is 1.95. The molecule has 92 valence electrons. The van der Waals surface area contributed by atoms with Gasteiger partial charge in [-0.3, -0.25) is 9.69 Å². The van der Waals surface area contributed by atoms with Crippen LogP contribution in [-0.4, -0.2) is 54.5 Å². The van der Waals surface area contributed by atoms with E-state index in [4.69, 9.17) is 5.11 Å². The molecule has 0 spiro atoms. The molecule has 0 aromatic rings. The first-order chi connectivity index (χ1) is 7.35. The lowest BCUT2D eigenvalue weighted by Crippen LogP contribution is -2.52. The summed E-state index contributed by atoms with van der Waals surface area (Å²) < 4.78 is 22.9. The number of hydrogen-bond donors (Lipinski definition) is 1. The number of rotatable bonds is 4. The van der Waals surface area contributed by atoms with Crippen LogP contribution in [0.25, 0.3) is 0 Å². The number of aliphatic carboxylic acids is 1. The molecule has 2 unspecified atom stereocenters. The molecule has 1 aliphatic heterocycles. The van der Waals surface area contributed by atoms with Crippen LogP contribution in [0, 0.1) is 0 Å². The van der Waals surface area contributed by atoms with Crippen molar-refractivity contribution in [3.05, 3.63) is 12.7 Å². The van der Waals surface area contributed by atoms with Crippen molar-refractivity contribution in [1.29, 1.82) is 0 Å². The molecule has 6 heteroatoms. The minimum absolute atomic E-state index is 0.000139. The van der Waals surface area contributed by atoms with Crippen molar-refractivity contribution in [3.8, 4) is 0 Å². The van der Waals surface area contributed by atoms with Gasteiger partial charge >= 0.3 is 5.97 Å². The van der Waals surface area contributed by atoms with Crippen LogP contribution in [0.1, 0.15) is 13.3 Å². The predicted octanol–water partition coefficient (Wildman–Crippen LogP) is 0.135. The summed E-state index contributed by atoms with van der Waals surface area (Å²) in [5.41, 5.74) is 0. The number of carboxylic acid groups (broad SMARTS) is 1. The second-order valence-corrected chi connectivity index (χ2v) is 6.31. The van der Waals surface area contributed by atoms with E-state index >= 15 is 0 Å². The predicted molar refractivity (Wildman–Crippen MR) is 61.1 cm³/mol. The SMILES string of the molecule is C=CC(C)N1CCS(=O)(=O)CC1CC(=O)O. The molecular weight excluding hydrogens is 230 g/mol. The molecule has 0 radical (unpaired) electrons. The van der Waals surface area contributed by atoms with Crippen LogP contribution in [-0.2, 0) is 14.6 Å². The number of nitrogens with zero attached hydrogens (tertiary/aromatic N) is 1. The van der Waals surface area contributed by atoms with Gasteiger partial charge in [0.2, 0.25) is 0 Å². The summed E-state index contributed by atoms with van der Waals surface area (Å²) in [6.07, 6.45) is 1.56. The first-order valence-corrected chi connectivity index (χ1v) is 6.98. The molecule has 5 nitrogen and oxygen atoms in total. The summed E-state index contributed by atoms with van der Waals surface area (Å²) in [6.45, 7) is 5.92. The van der Waals surface area contributed by atoms with E-state index in [0.29, 0.717) is 6.54 Å². The topological polar surface area (TPSA) is 74.7 Å². The van der Waals surface area contributed by atoms with Gasteiger partial charge in [-0.05, 0) is 6.92 Å². The smallest absolute Gasteiger partial charge is 0.304 e. The number of carboxylic acids is 1. The average molecular weight is 247 g/mol. The highest BCUT2D eigenvalue weighted by atomic mass is 32.2. The minimum atomic E-state index is -3.09. The van der Waals surface area contributed by atoms with E-state index in [2.05, 4.69) is 6.58 Å². The summed E-state index contributed by atoms with van der Waals surface area (Å²) in [7, 11) is -3.09. The van der Waals surface area contributed by atoms with E-state index in [1.807, 2.05) is 11.8 Å². The van der Waals surface area contributed by atoms with Crippen LogP contribution < -0.4 is 0 Å². The molecule has 1 heterocycles. The highest BCUT2D eigenvalue weighted by molar-refractivity contribution is 7.91. The van der Waals surface area contributed by atoms with Crippen LogP contribution in [0.3, 0.4) is 0 Å². The second-order valence-electron chi connectivity index (χ2n) is 4.08. The standard InChI is InChI=1S/C10H17NO4S/c1-3-8(2)11-4-5-16(14,15)7-9(11)6-10(12)13/h3,8-9H,1,4-7H2,2H3,(H,12,13). The van der Waals surface area contributed by atoms with E-state index in [9.17, 15) is 13.2 Å². The molecule has 1 N–H and O–H groups in total. The normalized spacial score (nSPS) is 27.2. The molecule has 0 aromatic heterocycles. The number of sulfone groups is 1. The van der Waals surface area contributed by atoms with E-state index in [1.165, 1.54) is 0 Å². The molecule has 1 fully saturated rings. The van der Waals surface area contributed by atoms with Crippen molar-refractivity contribution in [1.82, 2.24) is 4.90 Å². The zero-order valence-electron chi connectivity index (χ0n) is 9.30. The molecule has 1 aliphatic rings. The van der Waals surface area contributed by atoms with E-state index in [-0.39, 0.29) is 24.0 Å². The van der Waals surface area contributed by atoms with Crippen LogP contribution in [0.5, 0.6) is 0 Å². The van der Waals surface area contributed by atoms with Crippen molar-refractivity contribution in [2.45, 2.75) is 25.4 Å². The zero-order valence-corrected chi connectivity index (χ0v) is 10.1. The highest BCUT2D eigenvalue weighted by Crippen LogP contribution is 2.18. The van der Waals surface area contributed by atoms with Crippen LogP contribution in [0.2, 0.25) is 0 Å². The Hall–Kier alpha value is -0.880. The van der Waals surface area contributed by atoms with Crippen LogP contribution in [0.15, 0.2) is 12.7 Å². The minimum Gasteiger partial charge on any atom is -0.481 e. The zero-order chi connectivity index (χ0) is 12.3. The Morgan fingerprint density at radius 1 is 1.69 bits per heavy atom. The Morgan fingerprint density at radius 3 is 2.81 bits per heavy atom. The second kappa shape index (κ2) is 4.97. The van der Waals surface area contributed by atoms with Gasteiger partial charge in [0.05, 0.1) is 17.9 Å².